The highest BCUT2D eigenvalue weighted by Crippen LogP contribution is 2.28. The smallest absolute Gasteiger partial charge is 0.250 e. The van der Waals surface area contributed by atoms with Crippen molar-refractivity contribution < 1.29 is 9.53 Å². The van der Waals surface area contributed by atoms with Gasteiger partial charge in [0.25, 0.3) is 0 Å². The molecule has 0 saturated carbocycles. The first-order valence-corrected chi connectivity index (χ1v) is 11.8. The van der Waals surface area contributed by atoms with E-state index in [-0.39, 0.29) is 5.91 Å². The Morgan fingerprint density at radius 2 is 1.91 bits per heavy atom. The number of amides is 1. The topological polar surface area (TPSA) is 47.4 Å². The summed E-state index contributed by atoms with van der Waals surface area (Å²) in [4.78, 5) is 19.9. The third-order valence-corrected chi connectivity index (χ3v) is 6.46. The number of aromatic nitrogens is 2. The minimum Gasteiger partial charge on any atom is -0.495 e. The molecule has 0 spiro atoms. The maximum Gasteiger partial charge on any atom is 0.250 e. The molecule has 1 amide bonds. The Kier molecular flexibility index (Phi) is 6.17. The van der Waals surface area contributed by atoms with Gasteiger partial charge in [0.1, 0.15) is 5.75 Å². The van der Waals surface area contributed by atoms with Gasteiger partial charge in [-0.15, -0.1) is 0 Å². The lowest BCUT2D eigenvalue weighted by molar-refractivity contribution is -0.127. The van der Waals surface area contributed by atoms with E-state index in [0.717, 1.165) is 54.1 Å². The number of rotatable bonds is 5. The Balaban J connectivity index is 1.43. The summed E-state index contributed by atoms with van der Waals surface area (Å²) in [6.07, 6.45) is 8.58. The van der Waals surface area contributed by atoms with E-state index in [2.05, 4.69) is 47.4 Å². The molecule has 34 heavy (non-hydrogen) atoms. The fourth-order valence-corrected chi connectivity index (χ4v) is 4.70. The van der Waals surface area contributed by atoms with E-state index in [1.54, 1.807) is 13.4 Å². The molecule has 172 valence electrons. The van der Waals surface area contributed by atoms with Gasteiger partial charge in [0.2, 0.25) is 5.91 Å². The van der Waals surface area contributed by atoms with Gasteiger partial charge in [-0.25, -0.2) is 4.98 Å². The van der Waals surface area contributed by atoms with Crippen LogP contribution in [-0.4, -0.2) is 34.0 Å². The Hall–Kier alpha value is -3.86. The van der Waals surface area contributed by atoms with Crippen LogP contribution < -0.4 is 4.74 Å². The first-order chi connectivity index (χ1) is 16.6. The maximum absolute atomic E-state index is 13.5. The first-order valence-electron chi connectivity index (χ1n) is 11.8. The summed E-state index contributed by atoms with van der Waals surface area (Å²) in [5.74, 6) is 0.874. The normalized spacial score (nSPS) is 15.6. The number of benzene rings is 3. The minimum atomic E-state index is 0.124. The molecule has 5 heteroatoms. The number of carbonyl (C=O) groups is 1. The van der Waals surface area contributed by atoms with Crippen LogP contribution in [0.5, 0.6) is 5.75 Å². The van der Waals surface area contributed by atoms with Gasteiger partial charge in [-0.1, -0.05) is 48.5 Å². The summed E-state index contributed by atoms with van der Waals surface area (Å²) >= 11 is 0. The Morgan fingerprint density at radius 1 is 1.06 bits per heavy atom. The summed E-state index contributed by atoms with van der Waals surface area (Å²) in [6.45, 7) is 3.37. The molecule has 0 bridgehead atoms. The van der Waals surface area contributed by atoms with Crippen molar-refractivity contribution in [1.82, 2.24) is 14.5 Å². The number of hydrogen-bond acceptors (Lipinski definition) is 3. The van der Waals surface area contributed by atoms with E-state index in [9.17, 15) is 4.79 Å². The molecule has 0 aliphatic carbocycles. The van der Waals surface area contributed by atoms with Gasteiger partial charge >= 0.3 is 0 Å². The number of ether oxygens (including phenoxy) is 1. The predicted molar refractivity (Wildman–Crippen MR) is 136 cm³/mol. The van der Waals surface area contributed by atoms with Crippen LogP contribution in [0.2, 0.25) is 0 Å². The zero-order chi connectivity index (χ0) is 23.5. The van der Waals surface area contributed by atoms with E-state index in [0.29, 0.717) is 6.54 Å². The average Bonchev–Trinajstić information content (AvgIpc) is 3.23. The van der Waals surface area contributed by atoms with Crippen molar-refractivity contribution >= 4 is 22.8 Å². The van der Waals surface area contributed by atoms with Crippen LogP contribution >= 0.6 is 0 Å². The molecule has 4 aromatic rings. The van der Waals surface area contributed by atoms with E-state index in [4.69, 9.17) is 4.74 Å². The molecule has 5 rings (SSSR count). The lowest BCUT2D eigenvalue weighted by Gasteiger charge is -2.22. The van der Waals surface area contributed by atoms with E-state index in [1.807, 2.05) is 46.9 Å². The third kappa shape index (κ3) is 4.46. The molecule has 0 unspecified atom stereocenters. The molecule has 0 radical (unpaired) electrons. The van der Waals surface area contributed by atoms with Crippen molar-refractivity contribution in [2.24, 2.45) is 0 Å². The monoisotopic (exact) mass is 451 g/mol. The number of nitrogens with zero attached hydrogens (tertiary/aromatic N) is 3. The largest absolute Gasteiger partial charge is 0.495 e. The number of methoxy groups -OCH3 is 1. The van der Waals surface area contributed by atoms with Gasteiger partial charge in [-0.2, -0.15) is 0 Å². The van der Waals surface area contributed by atoms with Crippen molar-refractivity contribution in [3.05, 3.63) is 95.6 Å². The van der Waals surface area contributed by atoms with Gasteiger partial charge in [-0.05, 0) is 66.3 Å². The number of hydrogen-bond donors (Lipinski definition) is 0. The molecule has 3 aromatic carbocycles. The molecule has 2 heterocycles. The fourth-order valence-electron chi connectivity index (χ4n) is 4.70. The second-order valence-corrected chi connectivity index (χ2v) is 8.85. The molecule has 1 aliphatic rings. The second kappa shape index (κ2) is 9.56. The molecule has 1 fully saturated rings. The van der Waals surface area contributed by atoms with Crippen molar-refractivity contribution in [1.29, 1.82) is 0 Å². The lowest BCUT2D eigenvalue weighted by atomic mass is 10.0. The summed E-state index contributed by atoms with van der Waals surface area (Å²) in [6, 6.07) is 20.7. The van der Waals surface area contributed by atoms with Crippen LogP contribution in [0.25, 0.3) is 22.5 Å². The van der Waals surface area contributed by atoms with Crippen LogP contribution in [0.15, 0.2) is 78.8 Å². The number of imidazole rings is 1. The molecule has 1 aromatic heterocycles. The fraction of sp³-hybridized carbons (Fsp3) is 0.241. The van der Waals surface area contributed by atoms with Crippen LogP contribution in [0.1, 0.15) is 36.1 Å². The zero-order valence-corrected chi connectivity index (χ0v) is 19.7. The Morgan fingerprint density at radius 3 is 2.74 bits per heavy atom. The van der Waals surface area contributed by atoms with Crippen molar-refractivity contribution in [2.75, 3.05) is 13.7 Å². The standard InChI is InChI=1S/C29H29N3O2/c1-21-18-32(20-30-21)27-14-13-22(17-28(27)34-2)16-24-9-5-6-15-31(29(24)33)19-25-11-7-10-23-8-3-4-12-26(23)25/h3-4,7-8,10-14,16-18,20H,5-6,9,15,19H2,1-2H3/b24-16-. The van der Waals surface area contributed by atoms with Crippen LogP contribution in [-0.2, 0) is 11.3 Å². The highest BCUT2D eigenvalue weighted by Gasteiger charge is 2.22. The average molecular weight is 452 g/mol. The zero-order valence-electron chi connectivity index (χ0n) is 19.7. The van der Waals surface area contributed by atoms with Crippen LogP contribution in [0.4, 0.5) is 0 Å². The van der Waals surface area contributed by atoms with Crippen LogP contribution in [0, 0.1) is 6.92 Å². The number of aryl methyl sites for hydroxylation is 1. The van der Waals surface area contributed by atoms with Crippen molar-refractivity contribution in [2.45, 2.75) is 32.7 Å². The summed E-state index contributed by atoms with van der Waals surface area (Å²) < 4.78 is 7.61. The van der Waals surface area contributed by atoms with Crippen LogP contribution in [0.3, 0.4) is 0 Å². The van der Waals surface area contributed by atoms with E-state index < -0.39 is 0 Å². The summed E-state index contributed by atoms with van der Waals surface area (Å²) in [5, 5.41) is 2.42. The highest BCUT2D eigenvalue weighted by atomic mass is 16.5. The predicted octanol–water partition coefficient (Wildman–Crippen LogP) is 5.94. The van der Waals surface area contributed by atoms with Gasteiger partial charge in [0.05, 0.1) is 24.8 Å². The first kappa shape index (κ1) is 22.0. The van der Waals surface area contributed by atoms with Gasteiger partial charge in [-0.3, -0.25) is 4.79 Å². The molecular weight excluding hydrogens is 422 g/mol. The molecule has 5 nitrogen and oxygen atoms in total. The maximum atomic E-state index is 13.5. The SMILES string of the molecule is COc1cc(/C=C2/CCCCN(Cc3cccc4ccccc34)C2=O)ccc1-n1cnc(C)c1. The Bertz CT molecular complexity index is 1360. The quantitative estimate of drug-likeness (QED) is 0.353. The van der Waals surface area contributed by atoms with E-state index in [1.165, 1.54) is 16.3 Å². The summed E-state index contributed by atoms with van der Waals surface area (Å²) in [7, 11) is 1.67. The second-order valence-electron chi connectivity index (χ2n) is 8.85. The lowest BCUT2D eigenvalue weighted by Crippen LogP contribution is -2.31. The molecule has 1 saturated heterocycles. The highest BCUT2D eigenvalue weighted by molar-refractivity contribution is 5.98. The number of likely N-dealkylation sites (tertiary alicyclic amines) is 1. The molecule has 1 aliphatic heterocycles. The minimum absolute atomic E-state index is 0.124. The molecular formula is C29H29N3O2. The number of carbonyl (C=O) groups excluding carboxylic acids is 1. The van der Waals surface area contributed by atoms with Gasteiger partial charge < -0.3 is 14.2 Å². The van der Waals surface area contributed by atoms with E-state index >= 15 is 0 Å². The number of fused-ring (bicyclic) bond motifs is 1. The Labute approximate surface area is 200 Å². The summed E-state index contributed by atoms with van der Waals surface area (Å²) in [5.41, 5.74) is 4.88. The molecule has 0 N–H and O–H groups in total. The molecule has 0 atom stereocenters. The van der Waals surface area contributed by atoms with Crippen molar-refractivity contribution in [3.8, 4) is 11.4 Å². The van der Waals surface area contributed by atoms with Gasteiger partial charge in [0, 0.05) is 24.9 Å². The van der Waals surface area contributed by atoms with Crippen molar-refractivity contribution in [3.63, 3.8) is 0 Å². The van der Waals surface area contributed by atoms with Gasteiger partial charge in [0.15, 0.2) is 0 Å². The third-order valence-electron chi connectivity index (χ3n) is 6.46.